The molecular formula is C21H21NO7. The Labute approximate surface area is 167 Å². The standard InChI is InChI=1S/C21H21NO7/c1-4-13(2)14-5-7-15(8-6-14)19(23)12-29-21(25)17-9-16(20(24)28-3)10-18(11-17)22(26)27/h5-11,13H,4,12H2,1-3H3/t13-/m1/s1. The number of nitro groups is 1. The largest absolute Gasteiger partial charge is 0.465 e. The van der Waals surface area contributed by atoms with Crippen molar-refractivity contribution in [2.75, 3.05) is 13.7 Å². The summed E-state index contributed by atoms with van der Waals surface area (Å²) in [5, 5.41) is 11.0. The van der Waals surface area contributed by atoms with Gasteiger partial charge in [-0.05, 0) is 24.0 Å². The van der Waals surface area contributed by atoms with Gasteiger partial charge in [-0.25, -0.2) is 9.59 Å². The van der Waals surface area contributed by atoms with Crippen molar-refractivity contribution in [2.24, 2.45) is 0 Å². The molecule has 0 heterocycles. The molecule has 0 aliphatic carbocycles. The lowest BCUT2D eigenvalue weighted by Crippen LogP contribution is -2.15. The number of hydrogen-bond donors (Lipinski definition) is 0. The summed E-state index contributed by atoms with van der Waals surface area (Å²) < 4.78 is 9.51. The van der Waals surface area contributed by atoms with Gasteiger partial charge in [0.1, 0.15) is 0 Å². The zero-order valence-electron chi connectivity index (χ0n) is 16.3. The predicted octanol–water partition coefficient (Wildman–Crippen LogP) is 3.93. The zero-order chi connectivity index (χ0) is 21.6. The van der Waals surface area contributed by atoms with Crippen LogP contribution in [-0.2, 0) is 9.47 Å². The van der Waals surface area contributed by atoms with Crippen molar-refractivity contribution in [2.45, 2.75) is 26.2 Å². The summed E-state index contributed by atoms with van der Waals surface area (Å²) in [4.78, 5) is 46.5. The molecule has 8 heteroatoms. The number of ketones is 1. The van der Waals surface area contributed by atoms with E-state index in [2.05, 4.69) is 18.6 Å². The summed E-state index contributed by atoms with van der Waals surface area (Å²) in [5.41, 5.74) is 0.638. The fraction of sp³-hybridized carbons (Fsp3) is 0.286. The fourth-order valence-corrected chi connectivity index (χ4v) is 2.60. The number of Topliss-reactive ketones (excluding diaryl/α,β-unsaturated/α-hetero) is 1. The van der Waals surface area contributed by atoms with Gasteiger partial charge in [-0.2, -0.15) is 0 Å². The SMILES string of the molecule is CC[C@@H](C)c1ccc(C(=O)COC(=O)c2cc(C(=O)OC)cc([N+](=O)[O-])c2)cc1. The maximum Gasteiger partial charge on any atom is 0.338 e. The Morgan fingerprint density at radius 2 is 1.59 bits per heavy atom. The summed E-state index contributed by atoms with van der Waals surface area (Å²) in [5.74, 6) is -1.83. The molecule has 1 atom stereocenters. The molecule has 0 aliphatic rings. The van der Waals surface area contributed by atoms with Gasteiger partial charge in [-0.3, -0.25) is 14.9 Å². The smallest absolute Gasteiger partial charge is 0.338 e. The second-order valence-corrected chi connectivity index (χ2v) is 6.45. The monoisotopic (exact) mass is 399 g/mol. The highest BCUT2D eigenvalue weighted by molar-refractivity contribution is 6.00. The van der Waals surface area contributed by atoms with E-state index in [-0.39, 0.29) is 11.1 Å². The highest BCUT2D eigenvalue weighted by Crippen LogP contribution is 2.20. The van der Waals surface area contributed by atoms with Crippen molar-refractivity contribution < 1.29 is 28.8 Å². The van der Waals surface area contributed by atoms with Crippen LogP contribution in [0.5, 0.6) is 0 Å². The molecule has 0 bridgehead atoms. The van der Waals surface area contributed by atoms with E-state index in [1.807, 2.05) is 12.1 Å². The number of non-ortho nitro benzene ring substituents is 1. The number of carbonyl (C=O) groups excluding carboxylic acids is 3. The first-order valence-electron chi connectivity index (χ1n) is 8.94. The number of nitro benzene ring substituents is 1. The molecule has 0 saturated carbocycles. The van der Waals surface area contributed by atoms with E-state index in [0.717, 1.165) is 37.3 Å². The van der Waals surface area contributed by atoms with Gasteiger partial charge >= 0.3 is 11.9 Å². The van der Waals surface area contributed by atoms with Gasteiger partial charge in [0.25, 0.3) is 5.69 Å². The van der Waals surface area contributed by atoms with Gasteiger partial charge in [0.15, 0.2) is 12.4 Å². The van der Waals surface area contributed by atoms with Crippen LogP contribution in [0.1, 0.15) is 62.8 Å². The van der Waals surface area contributed by atoms with Crippen LogP contribution in [0.4, 0.5) is 5.69 Å². The predicted molar refractivity (Wildman–Crippen MR) is 104 cm³/mol. The number of rotatable bonds is 8. The third kappa shape index (κ3) is 5.47. The molecule has 0 saturated heterocycles. The maximum absolute atomic E-state index is 12.3. The number of methoxy groups -OCH3 is 1. The number of benzene rings is 2. The first-order valence-corrected chi connectivity index (χ1v) is 8.94. The second kappa shape index (κ2) is 9.59. The molecule has 29 heavy (non-hydrogen) atoms. The van der Waals surface area contributed by atoms with E-state index in [1.165, 1.54) is 0 Å². The first kappa shape index (κ1) is 21.7. The molecule has 152 valence electrons. The average molecular weight is 399 g/mol. The highest BCUT2D eigenvalue weighted by atomic mass is 16.6. The molecular weight excluding hydrogens is 378 g/mol. The average Bonchev–Trinajstić information content (AvgIpc) is 2.75. The quantitative estimate of drug-likeness (QED) is 0.286. The van der Waals surface area contributed by atoms with E-state index in [1.54, 1.807) is 12.1 Å². The van der Waals surface area contributed by atoms with E-state index in [4.69, 9.17) is 4.74 Å². The molecule has 0 N–H and O–H groups in total. The fourth-order valence-electron chi connectivity index (χ4n) is 2.60. The molecule has 0 spiro atoms. The van der Waals surface area contributed by atoms with Gasteiger partial charge in [0, 0.05) is 17.7 Å². The summed E-state index contributed by atoms with van der Waals surface area (Å²) in [6.07, 6.45) is 0.974. The Morgan fingerprint density at radius 1 is 1.00 bits per heavy atom. The van der Waals surface area contributed by atoms with Crippen molar-refractivity contribution >= 4 is 23.4 Å². The third-order valence-corrected chi connectivity index (χ3v) is 4.53. The number of esters is 2. The normalized spacial score (nSPS) is 11.4. The first-order chi connectivity index (χ1) is 13.8. The molecule has 8 nitrogen and oxygen atoms in total. The van der Waals surface area contributed by atoms with Crippen molar-refractivity contribution in [1.82, 2.24) is 0 Å². The van der Waals surface area contributed by atoms with Gasteiger partial charge in [0.2, 0.25) is 0 Å². The Hall–Kier alpha value is -3.55. The molecule has 0 unspecified atom stereocenters. The highest BCUT2D eigenvalue weighted by Gasteiger charge is 2.20. The van der Waals surface area contributed by atoms with Crippen molar-refractivity contribution in [3.05, 3.63) is 74.8 Å². The lowest BCUT2D eigenvalue weighted by Gasteiger charge is -2.10. The Kier molecular flexibility index (Phi) is 7.19. The third-order valence-electron chi connectivity index (χ3n) is 4.53. The molecule has 0 fully saturated rings. The van der Waals surface area contributed by atoms with Crippen LogP contribution in [0.15, 0.2) is 42.5 Å². The second-order valence-electron chi connectivity index (χ2n) is 6.45. The van der Waals surface area contributed by atoms with Crippen LogP contribution < -0.4 is 0 Å². The lowest BCUT2D eigenvalue weighted by molar-refractivity contribution is -0.384. The van der Waals surface area contributed by atoms with E-state index in [0.29, 0.717) is 11.5 Å². The molecule has 0 amide bonds. The van der Waals surface area contributed by atoms with Crippen molar-refractivity contribution in [1.29, 1.82) is 0 Å². The summed E-state index contributed by atoms with van der Waals surface area (Å²) in [6.45, 7) is 3.63. The van der Waals surface area contributed by atoms with Crippen molar-refractivity contribution in [3.63, 3.8) is 0 Å². The number of nitrogens with zero attached hydrogens (tertiary/aromatic N) is 1. The van der Waals surface area contributed by atoms with Crippen molar-refractivity contribution in [3.8, 4) is 0 Å². The zero-order valence-corrected chi connectivity index (χ0v) is 16.3. The molecule has 0 aromatic heterocycles. The topological polar surface area (TPSA) is 113 Å². The van der Waals surface area contributed by atoms with Crippen LogP contribution in [-0.4, -0.2) is 36.4 Å². The minimum Gasteiger partial charge on any atom is -0.465 e. The number of carbonyl (C=O) groups is 3. The Balaban J connectivity index is 2.12. The Bertz CT molecular complexity index is 935. The van der Waals surface area contributed by atoms with E-state index < -0.39 is 34.9 Å². The van der Waals surface area contributed by atoms with Crippen LogP contribution in [0.25, 0.3) is 0 Å². The van der Waals surface area contributed by atoms with Gasteiger partial charge < -0.3 is 9.47 Å². The van der Waals surface area contributed by atoms with Crippen LogP contribution in [0.3, 0.4) is 0 Å². The number of ether oxygens (including phenoxy) is 2. The molecule has 2 aromatic carbocycles. The summed E-state index contributed by atoms with van der Waals surface area (Å²) >= 11 is 0. The number of hydrogen-bond acceptors (Lipinski definition) is 7. The molecule has 0 aliphatic heterocycles. The van der Waals surface area contributed by atoms with Crippen LogP contribution in [0, 0.1) is 10.1 Å². The van der Waals surface area contributed by atoms with Crippen LogP contribution in [0.2, 0.25) is 0 Å². The summed E-state index contributed by atoms with van der Waals surface area (Å²) in [7, 11) is 1.12. The maximum atomic E-state index is 12.3. The van der Waals surface area contributed by atoms with E-state index >= 15 is 0 Å². The van der Waals surface area contributed by atoms with E-state index in [9.17, 15) is 24.5 Å². The lowest BCUT2D eigenvalue weighted by atomic mass is 9.97. The van der Waals surface area contributed by atoms with Crippen LogP contribution >= 0.6 is 0 Å². The van der Waals surface area contributed by atoms with Gasteiger partial charge in [-0.1, -0.05) is 38.1 Å². The minimum atomic E-state index is -0.955. The van der Waals surface area contributed by atoms with Gasteiger partial charge in [-0.15, -0.1) is 0 Å². The van der Waals surface area contributed by atoms with Gasteiger partial charge in [0.05, 0.1) is 23.2 Å². The molecule has 0 radical (unpaired) electrons. The molecule has 2 rings (SSSR count). The summed E-state index contributed by atoms with van der Waals surface area (Å²) in [6, 6.07) is 10.1. The molecule has 2 aromatic rings. The minimum absolute atomic E-state index is 0.166. The Morgan fingerprint density at radius 3 is 2.10 bits per heavy atom.